The predicted octanol–water partition coefficient (Wildman–Crippen LogP) is 4.27. The number of carboxylic acid groups (broad SMARTS) is 2. The molecule has 0 N–H and O–H groups in total. The summed E-state index contributed by atoms with van der Waals surface area (Å²) in [6.45, 7) is 4.34. The van der Waals surface area contributed by atoms with E-state index in [4.69, 9.17) is 0 Å². The van der Waals surface area contributed by atoms with Crippen LogP contribution in [0.15, 0.2) is 0 Å². The van der Waals surface area contributed by atoms with Crippen molar-refractivity contribution in [3.8, 4) is 0 Å². The minimum absolute atomic E-state index is 0.283. The van der Waals surface area contributed by atoms with Gasteiger partial charge in [0.1, 0.15) is 0 Å². The zero-order valence-electron chi connectivity index (χ0n) is 19.5. The molecule has 30 heavy (non-hydrogen) atoms. The molecule has 177 valence electrons. The fraction of sp³-hybridized carbons (Fsp3) is 0.913. The molecule has 0 aromatic rings. The van der Waals surface area contributed by atoms with Crippen LogP contribution in [-0.2, 0) is 9.59 Å². The van der Waals surface area contributed by atoms with Gasteiger partial charge in [-0.1, -0.05) is 78.1 Å². The first kappa shape index (κ1) is 35.0. The average Bonchev–Trinajstić information content (AvgIpc) is 2.73. The summed E-state index contributed by atoms with van der Waals surface area (Å²) in [7, 11) is 0. The number of aliphatic carboxylic acids is 2. The topological polar surface area (TPSA) is 80.3 Å². The zero-order valence-corrected chi connectivity index (χ0v) is 24.1. The Morgan fingerprint density at radius 2 is 0.933 bits per heavy atom. The number of hydrogen-bond donors (Lipinski definition) is 2. The van der Waals surface area contributed by atoms with Crippen LogP contribution in [0, 0.1) is 11.8 Å². The molecule has 1 radical (unpaired) electrons. The number of thiol groups is 2. The molecule has 0 aliphatic heterocycles. The van der Waals surface area contributed by atoms with E-state index in [9.17, 15) is 19.8 Å². The number of unbranched alkanes of at least 4 members (excludes halogenated alkanes) is 8. The molecular formula is C23H45O4S2Sn. The Morgan fingerprint density at radius 3 is 1.17 bits per heavy atom. The average molecular weight is 568 g/mol. The molecule has 0 fully saturated rings. The molecule has 0 aliphatic carbocycles. The maximum atomic E-state index is 10.7. The summed E-state index contributed by atoms with van der Waals surface area (Å²) in [5, 5.41) is 21.3. The Morgan fingerprint density at radius 1 is 0.633 bits per heavy atom. The molecule has 0 saturated carbocycles. The molecule has 0 spiro atoms. The van der Waals surface area contributed by atoms with E-state index in [2.05, 4.69) is 44.0 Å². The van der Waals surface area contributed by atoms with Gasteiger partial charge in [-0.2, -0.15) is 25.3 Å². The number of hydrogen-bond acceptors (Lipinski definition) is 6. The van der Waals surface area contributed by atoms with Gasteiger partial charge in [0.2, 0.25) is 0 Å². The zero-order chi connectivity index (χ0) is 23.6. The first-order chi connectivity index (χ1) is 14.4. The van der Waals surface area contributed by atoms with Crippen molar-refractivity contribution in [2.75, 3.05) is 11.5 Å². The summed E-state index contributed by atoms with van der Waals surface area (Å²) in [5.74, 6) is -1.12. The summed E-state index contributed by atoms with van der Waals surface area (Å²) in [6, 6.07) is 0. The molecule has 0 saturated heterocycles. The molecular weight excluding hydrogens is 523 g/mol. The van der Waals surface area contributed by atoms with E-state index in [1.165, 1.54) is 38.5 Å². The van der Waals surface area contributed by atoms with Crippen LogP contribution < -0.4 is 10.2 Å². The first-order valence-corrected chi connectivity index (χ1v) is 15.7. The summed E-state index contributed by atoms with van der Waals surface area (Å²) >= 11 is 9.63. The Bertz CT molecular complexity index is 337. The Kier molecular flexibility index (Phi) is 34.4. The third-order valence-electron chi connectivity index (χ3n) is 4.93. The van der Waals surface area contributed by atoms with E-state index in [-0.39, 0.29) is 11.8 Å². The molecule has 0 aliphatic rings. The Labute approximate surface area is 210 Å². The van der Waals surface area contributed by atoms with E-state index in [0.29, 0.717) is 24.3 Å². The second-order valence-corrected chi connectivity index (χ2v) is 8.36. The van der Waals surface area contributed by atoms with Gasteiger partial charge in [-0.25, -0.2) is 0 Å². The number of carboxylic acids is 2. The quantitative estimate of drug-likeness (QED) is 0.147. The van der Waals surface area contributed by atoms with Gasteiger partial charge in [0, 0.05) is 11.9 Å². The van der Waals surface area contributed by atoms with E-state index < -0.39 is 11.9 Å². The van der Waals surface area contributed by atoms with Gasteiger partial charge in [0.15, 0.2) is 0 Å². The number of rotatable bonds is 18. The van der Waals surface area contributed by atoms with Crippen molar-refractivity contribution < 1.29 is 19.8 Å². The minimum atomic E-state index is -0.908. The van der Waals surface area contributed by atoms with E-state index in [1.54, 1.807) is 22.5 Å². The van der Waals surface area contributed by atoms with Crippen LogP contribution in [0.4, 0.5) is 0 Å². The van der Waals surface area contributed by atoms with Crippen LogP contribution in [0.1, 0.15) is 104 Å². The van der Waals surface area contributed by atoms with Crippen LogP contribution >= 0.6 is 25.3 Å². The number of carbonyl (C=O) groups is 2. The van der Waals surface area contributed by atoms with Crippen LogP contribution in [0.25, 0.3) is 0 Å². The molecule has 0 heterocycles. The Hall–Kier alpha value is 0.439. The van der Waals surface area contributed by atoms with Gasteiger partial charge >= 0.3 is 27.5 Å². The molecule has 2 atom stereocenters. The van der Waals surface area contributed by atoms with Crippen molar-refractivity contribution in [2.45, 2.75) is 109 Å². The van der Waals surface area contributed by atoms with Gasteiger partial charge in [0.25, 0.3) is 0 Å². The maximum absolute atomic E-state index is 10.7. The van der Waals surface area contributed by atoms with Crippen molar-refractivity contribution in [1.29, 1.82) is 0 Å². The van der Waals surface area contributed by atoms with Gasteiger partial charge in [-0.05, 0) is 49.0 Å². The summed E-state index contributed by atoms with van der Waals surface area (Å²) < 4.78 is 0. The Balaban J connectivity index is -0.000000448. The van der Waals surface area contributed by atoms with E-state index in [1.807, 2.05) is 0 Å². The van der Waals surface area contributed by atoms with Crippen molar-refractivity contribution in [2.24, 2.45) is 11.8 Å². The number of carbonyl (C=O) groups excluding carboxylic acids is 2. The van der Waals surface area contributed by atoms with Gasteiger partial charge in [0.05, 0.1) is 0 Å². The molecule has 0 rings (SSSR count). The third kappa shape index (κ3) is 26.5. The molecule has 0 amide bonds. The van der Waals surface area contributed by atoms with Crippen molar-refractivity contribution in [3.63, 3.8) is 0 Å². The molecule has 2 unspecified atom stereocenters. The fourth-order valence-electron chi connectivity index (χ4n) is 3.06. The first-order valence-electron chi connectivity index (χ1n) is 11.6. The van der Waals surface area contributed by atoms with Crippen molar-refractivity contribution >= 4 is 59.7 Å². The summed E-state index contributed by atoms with van der Waals surface area (Å²) in [6.07, 6.45) is 14.5. The van der Waals surface area contributed by atoms with Crippen LogP contribution in [0.5, 0.6) is 0 Å². The van der Waals surface area contributed by atoms with Crippen molar-refractivity contribution in [1.82, 2.24) is 0 Å². The van der Waals surface area contributed by atoms with Crippen LogP contribution in [0.3, 0.4) is 0 Å². The van der Waals surface area contributed by atoms with Gasteiger partial charge in [-0.15, -0.1) is 0 Å². The molecule has 7 heteroatoms. The molecule has 0 aromatic heterocycles. The van der Waals surface area contributed by atoms with Crippen molar-refractivity contribution in [3.05, 3.63) is 0 Å². The van der Waals surface area contributed by atoms with E-state index in [0.717, 1.165) is 38.5 Å². The SMILES string of the molecule is CCCCCCCC(CCS)C(=O)[O-].CCCCCCCC(CCS)C(=O)[O-].[CH3][Sn+2]. The second kappa shape index (κ2) is 29.4. The summed E-state index contributed by atoms with van der Waals surface area (Å²) in [5.41, 5.74) is 0. The molecule has 0 aromatic carbocycles. The standard InChI is InChI=1S/2C11H22O2S.CH3.Sn/c2*1-2-3-4-5-6-7-10(8-9-14)11(12)13;;/h2*10,14H,2-9H2,1H3,(H,12,13);1H3;/q;;;+2/p-2. The molecule has 4 nitrogen and oxygen atoms in total. The second-order valence-electron chi connectivity index (χ2n) is 7.46. The molecule has 0 bridgehead atoms. The van der Waals surface area contributed by atoms with Gasteiger partial charge in [-0.3, -0.25) is 0 Å². The van der Waals surface area contributed by atoms with Crippen LogP contribution in [0.2, 0.25) is 4.94 Å². The monoisotopic (exact) mass is 569 g/mol. The van der Waals surface area contributed by atoms with Crippen LogP contribution in [-0.4, -0.2) is 46.0 Å². The van der Waals surface area contributed by atoms with Gasteiger partial charge < -0.3 is 19.8 Å². The summed E-state index contributed by atoms with van der Waals surface area (Å²) in [4.78, 5) is 23.4. The fourth-order valence-corrected chi connectivity index (χ4v) is 3.68. The van der Waals surface area contributed by atoms with E-state index >= 15 is 0 Å². The normalized spacial score (nSPS) is 12.0. The third-order valence-corrected chi connectivity index (χ3v) is 5.45. The predicted molar refractivity (Wildman–Crippen MR) is 132 cm³/mol.